The van der Waals surface area contributed by atoms with E-state index in [4.69, 9.17) is 0 Å². The highest BCUT2D eigenvalue weighted by Crippen LogP contribution is 2.79. The fraction of sp³-hybridized carbons (Fsp3) is 0.900. The zero-order chi connectivity index (χ0) is 8.51. The minimum atomic E-state index is 0.161. The highest BCUT2D eigenvalue weighted by Gasteiger charge is 2.78. The van der Waals surface area contributed by atoms with Crippen molar-refractivity contribution in [1.82, 2.24) is 4.90 Å². The Kier molecular flexibility index (Phi) is 0.984. The Labute approximate surface area is 72.9 Å². The van der Waals surface area contributed by atoms with Crippen molar-refractivity contribution < 1.29 is 4.79 Å². The van der Waals surface area contributed by atoms with Gasteiger partial charge in [0.2, 0.25) is 5.91 Å². The maximum Gasteiger partial charge on any atom is 0.228 e. The Balaban J connectivity index is 1.92. The summed E-state index contributed by atoms with van der Waals surface area (Å²) in [7, 11) is 3.78. The molecule has 0 saturated heterocycles. The number of nitrogens with zero attached hydrogens (tertiary/aromatic N) is 1. The van der Waals surface area contributed by atoms with Gasteiger partial charge in [0.05, 0.1) is 5.41 Å². The minimum absolute atomic E-state index is 0.161. The molecule has 66 valence electrons. The van der Waals surface area contributed by atoms with Crippen LogP contribution in [0.5, 0.6) is 0 Å². The highest BCUT2D eigenvalue weighted by atomic mass is 16.2. The van der Waals surface area contributed by atoms with Crippen LogP contribution in [0, 0.1) is 23.2 Å². The largest absolute Gasteiger partial charge is 0.348 e. The van der Waals surface area contributed by atoms with E-state index in [-0.39, 0.29) is 5.41 Å². The van der Waals surface area contributed by atoms with Crippen LogP contribution in [-0.4, -0.2) is 24.9 Å². The van der Waals surface area contributed by atoms with Crippen LogP contribution >= 0.6 is 0 Å². The number of carbonyl (C=O) groups excluding carboxylic acids is 1. The van der Waals surface area contributed by atoms with Crippen LogP contribution in [0.2, 0.25) is 0 Å². The second-order valence-corrected chi connectivity index (χ2v) is 4.99. The predicted octanol–water partition coefficient (Wildman–Crippen LogP) is 1.12. The van der Waals surface area contributed by atoms with Gasteiger partial charge in [-0.1, -0.05) is 0 Å². The maximum absolute atomic E-state index is 11.9. The Morgan fingerprint density at radius 1 is 1.33 bits per heavy atom. The van der Waals surface area contributed by atoms with E-state index in [0.717, 1.165) is 17.8 Å². The third kappa shape index (κ3) is 0.511. The van der Waals surface area contributed by atoms with E-state index in [9.17, 15) is 4.79 Å². The summed E-state index contributed by atoms with van der Waals surface area (Å²) >= 11 is 0. The molecular weight excluding hydrogens is 150 g/mol. The molecule has 0 radical (unpaired) electrons. The lowest BCUT2D eigenvalue weighted by Gasteiger charge is -2.17. The Hall–Kier alpha value is -0.530. The monoisotopic (exact) mass is 165 g/mol. The van der Waals surface area contributed by atoms with E-state index in [1.165, 1.54) is 19.3 Å². The molecule has 4 aliphatic carbocycles. The zero-order valence-electron chi connectivity index (χ0n) is 7.71. The first kappa shape index (κ1) is 6.93. The minimum Gasteiger partial charge on any atom is -0.348 e. The molecule has 4 aliphatic rings. The van der Waals surface area contributed by atoms with Gasteiger partial charge in [-0.05, 0) is 37.0 Å². The van der Waals surface area contributed by atoms with Crippen LogP contribution in [0.4, 0.5) is 0 Å². The van der Waals surface area contributed by atoms with E-state index in [1.54, 1.807) is 4.90 Å². The molecular formula is C10H15NO. The molecule has 0 aromatic rings. The molecule has 0 N–H and O–H groups in total. The van der Waals surface area contributed by atoms with E-state index >= 15 is 0 Å². The smallest absolute Gasteiger partial charge is 0.228 e. The topological polar surface area (TPSA) is 20.3 Å². The molecule has 1 amide bonds. The van der Waals surface area contributed by atoms with Crippen molar-refractivity contribution in [1.29, 1.82) is 0 Å². The molecule has 0 aromatic heterocycles. The second kappa shape index (κ2) is 1.70. The second-order valence-electron chi connectivity index (χ2n) is 4.99. The van der Waals surface area contributed by atoms with Gasteiger partial charge in [-0.15, -0.1) is 0 Å². The number of hydrogen-bond acceptors (Lipinski definition) is 1. The Morgan fingerprint density at radius 3 is 2.25 bits per heavy atom. The van der Waals surface area contributed by atoms with Crippen LogP contribution < -0.4 is 0 Å². The maximum atomic E-state index is 11.9. The van der Waals surface area contributed by atoms with E-state index in [1.807, 2.05) is 14.1 Å². The molecule has 4 bridgehead atoms. The van der Waals surface area contributed by atoms with Gasteiger partial charge in [-0.25, -0.2) is 0 Å². The van der Waals surface area contributed by atoms with Crippen LogP contribution in [0.25, 0.3) is 0 Å². The first-order valence-corrected chi connectivity index (χ1v) is 4.88. The van der Waals surface area contributed by atoms with Crippen LogP contribution in [-0.2, 0) is 4.79 Å². The molecule has 2 heteroatoms. The lowest BCUT2D eigenvalue weighted by atomic mass is 10.0. The van der Waals surface area contributed by atoms with Gasteiger partial charge in [-0.3, -0.25) is 4.79 Å². The van der Waals surface area contributed by atoms with Gasteiger partial charge < -0.3 is 4.90 Å². The molecule has 4 rings (SSSR count). The molecule has 0 spiro atoms. The standard InChI is InChI=1S/C10H15NO/c1-11(2)9(12)10-5-6-3-7(10)8(10)4-6/h6-8H,3-5H2,1-2H3. The summed E-state index contributed by atoms with van der Waals surface area (Å²) in [5.41, 5.74) is 0.161. The average molecular weight is 165 g/mol. The van der Waals surface area contributed by atoms with Gasteiger partial charge in [-0.2, -0.15) is 0 Å². The molecule has 0 heterocycles. The van der Waals surface area contributed by atoms with Crippen LogP contribution in [0.1, 0.15) is 19.3 Å². The summed E-state index contributed by atoms with van der Waals surface area (Å²) in [5.74, 6) is 2.90. The van der Waals surface area contributed by atoms with Crippen molar-refractivity contribution in [2.45, 2.75) is 19.3 Å². The summed E-state index contributed by atoms with van der Waals surface area (Å²) in [6.07, 6.45) is 3.91. The van der Waals surface area contributed by atoms with E-state index in [2.05, 4.69) is 0 Å². The van der Waals surface area contributed by atoms with Crippen molar-refractivity contribution in [3.05, 3.63) is 0 Å². The molecule has 2 unspecified atom stereocenters. The Bertz CT molecular complexity index is 247. The lowest BCUT2D eigenvalue weighted by Crippen LogP contribution is -2.31. The molecule has 4 fully saturated rings. The number of amides is 1. The molecule has 12 heavy (non-hydrogen) atoms. The fourth-order valence-corrected chi connectivity index (χ4v) is 3.94. The third-order valence-corrected chi connectivity index (χ3v) is 4.31. The summed E-state index contributed by atoms with van der Waals surface area (Å²) in [6.45, 7) is 0. The summed E-state index contributed by atoms with van der Waals surface area (Å²) in [5, 5.41) is 0. The van der Waals surface area contributed by atoms with Crippen molar-refractivity contribution in [3.63, 3.8) is 0 Å². The first-order valence-electron chi connectivity index (χ1n) is 4.88. The van der Waals surface area contributed by atoms with Crippen molar-refractivity contribution in [2.75, 3.05) is 14.1 Å². The van der Waals surface area contributed by atoms with Crippen LogP contribution in [0.15, 0.2) is 0 Å². The molecule has 0 aromatic carbocycles. The fourth-order valence-electron chi connectivity index (χ4n) is 3.94. The van der Waals surface area contributed by atoms with E-state index in [0.29, 0.717) is 5.91 Å². The van der Waals surface area contributed by atoms with E-state index < -0.39 is 0 Å². The number of hydrogen-bond donors (Lipinski definition) is 0. The number of carbonyl (C=O) groups is 1. The third-order valence-electron chi connectivity index (χ3n) is 4.31. The molecule has 2 atom stereocenters. The van der Waals surface area contributed by atoms with Gasteiger partial charge in [0, 0.05) is 14.1 Å². The predicted molar refractivity (Wildman–Crippen MR) is 45.4 cm³/mol. The first-order chi connectivity index (χ1) is 5.66. The lowest BCUT2D eigenvalue weighted by molar-refractivity contribution is -0.134. The van der Waals surface area contributed by atoms with Crippen molar-refractivity contribution >= 4 is 5.91 Å². The summed E-state index contributed by atoms with van der Waals surface area (Å²) in [6, 6.07) is 0. The number of rotatable bonds is 1. The van der Waals surface area contributed by atoms with Crippen LogP contribution in [0.3, 0.4) is 0 Å². The molecule has 0 aliphatic heterocycles. The molecule has 2 nitrogen and oxygen atoms in total. The normalized spacial score (nSPS) is 52.7. The highest BCUT2D eigenvalue weighted by molar-refractivity contribution is 5.87. The van der Waals surface area contributed by atoms with Gasteiger partial charge >= 0.3 is 0 Å². The zero-order valence-corrected chi connectivity index (χ0v) is 7.71. The average Bonchev–Trinajstić information content (AvgIpc) is 2.54. The van der Waals surface area contributed by atoms with Gasteiger partial charge in [0.1, 0.15) is 0 Å². The van der Waals surface area contributed by atoms with Crippen molar-refractivity contribution in [3.8, 4) is 0 Å². The SMILES string of the molecule is CN(C)C(=O)C12CC3CC1C2C3. The summed E-state index contributed by atoms with van der Waals surface area (Å²) < 4.78 is 0. The Morgan fingerprint density at radius 2 is 1.92 bits per heavy atom. The van der Waals surface area contributed by atoms with Gasteiger partial charge in [0.15, 0.2) is 0 Å². The van der Waals surface area contributed by atoms with Crippen molar-refractivity contribution in [2.24, 2.45) is 23.2 Å². The summed E-state index contributed by atoms with van der Waals surface area (Å²) in [4.78, 5) is 13.7. The quantitative estimate of drug-likeness (QED) is 0.570. The van der Waals surface area contributed by atoms with Gasteiger partial charge in [0.25, 0.3) is 0 Å². The molecule has 4 saturated carbocycles.